The van der Waals surface area contributed by atoms with Crippen molar-refractivity contribution in [1.29, 1.82) is 0 Å². The van der Waals surface area contributed by atoms with Crippen molar-refractivity contribution in [2.45, 2.75) is 25.2 Å². The first-order valence-corrected chi connectivity index (χ1v) is 7.51. The summed E-state index contributed by atoms with van der Waals surface area (Å²) in [7, 11) is 0. The summed E-state index contributed by atoms with van der Waals surface area (Å²) in [5.74, 6) is -2.47. The number of alkyl halides is 2. The van der Waals surface area contributed by atoms with Gasteiger partial charge in [-0.25, -0.2) is 8.78 Å². The molecule has 0 spiro atoms. The van der Waals surface area contributed by atoms with E-state index < -0.39 is 12.5 Å². The van der Waals surface area contributed by atoms with Gasteiger partial charge >= 0.3 is 0 Å². The van der Waals surface area contributed by atoms with Gasteiger partial charge in [0.15, 0.2) is 0 Å². The van der Waals surface area contributed by atoms with E-state index in [1.165, 1.54) is 4.90 Å². The van der Waals surface area contributed by atoms with Crippen molar-refractivity contribution in [3.05, 3.63) is 35.4 Å². The lowest BCUT2D eigenvalue weighted by Gasteiger charge is -2.19. The van der Waals surface area contributed by atoms with Crippen LogP contribution in [0.5, 0.6) is 0 Å². The van der Waals surface area contributed by atoms with Crippen LogP contribution < -0.4 is 5.32 Å². The molecule has 0 aromatic heterocycles. The Balaban J connectivity index is 0.00000176. The largest absolute Gasteiger partial charge is 0.332 e. The van der Waals surface area contributed by atoms with Gasteiger partial charge < -0.3 is 10.2 Å². The molecule has 22 heavy (non-hydrogen) atoms. The number of carbonyl (C=O) groups is 1. The smallest absolute Gasteiger partial charge is 0.267 e. The Labute approximate surface area is 135 Å². The fourth-order valence-corrected chi connectivity index (χ4v) is 3.19. The predicted octanol–water partition coefficient (Wildman–Crippen LogP) is 2.74. The van der Waals surface area contributed by atoms with E-state index in [0.29, 0.717) is 11.5 Å². The molecule has 2 aliphatic heterocycles. The summed E-state index contributed by atoms with van der Waals surface area (Å²) in [6.07, 6.45) is 1.71. The third-order valence-corrected chi connectivity index (χ3v) is 4.38. The molecule has 3 nitrogen and oxygen atoms in total. The number of amides is 1. The van der Waals surface area contributed by atoms with Crippen LogP contribution in [0.25, 0.3) is 0 Å². The van der Waals surface area contributed by atoms with Gasteiger partial charge in [-0.1, -0.05) is 18.2 Å². The number of carbonyl (C=O) groups excluding carboxylic acids is 1. The molecule has 2 aliphatic rings. The van der Waals surface area contributed by atoms with E-state index in [1.807, 2.05) is 12.1 Å². The Morgan fingerprint density at radius 1 is 1.36 bits per heavy atom. The maximum absolute atomic E-state index is 13.3. The number of halogens is 3. The minimum atomic E-state index is -2.74. The number of hydrogen-bond donors (Lipinski definition) is 1. The van der Waals surface area contributed by atoms with Gasteiger partial charge in [0.2, 0.25) is 0 Å². The first kappa shape index (κ1) is 17.2. The lowest BCUT2D eigenvalue weighted by Crippen LogP contribution is -2.32. The van der Waals surface area contributed by atoms with E-state index in [1.54, 1.807) is 12.1 Å². The Morgan fingerprint density at radius 3 is 2.77 bits per heavy atom. The number of hydrogen-bond acceptors (Lipinski definition) is 2. The highest BCUT2D eigenvalue weighted by atomic mass is 35.5. The first-order valence-electron chi connectivity index (χ1n) is 7.51. The highest BCUT2D eigenvalue weighted by Crippen LogP contribution is 2.29. The molecule has 2 saturated heterocycles. The fraction of sp³-hybridized carbons (Fsp3) is 0.562. The summed E-state index contributed by atoms with van der Waals surface area (Å²) in [4.78, 5) is 13.8. The molecule has 1 N–H and O–H groups in total. The van der Waals surface area contributed by atoms with Gasteiger partial charge in [-0.05, 0) is 43.5 Å². The van der Waals surface area contributed by atoms with Crippen LogP contribution in [0.2, 0.25) is 0 Å². The number of likely N-dealkylation sites (tertiary alicyclic amines) is 1. The minimum Gasteiger partial charge on any atom is -0.332 e. The molecule has 0 aliphatic carbocycles. The second-order valence-corrected chi connectivity index (χ2v) is 6.05. The van der Waals surface area contributed by atoms with Crippen molar-refractivity contribution >= 4 is 18.3 Å². The molecule has 2 fully saturated rings. The Bertz CT molecular complexity index is 533. The molecule has 1 atom stereocenters. The highest BCUT2D eigenvalue weighted by molar-refractivity contribution is 5.96. The summed E-state index contributed by atoms with van der Waals surface area (Å²) in [5, 5.41) is 3.31. The monoisotopic (exact) mass is 330 g/mol. The van der Waals surface area contributed by atoms with Crippen molar-refractivity contribution in [2.75, 3.05) is 26.2 Å². The second-order valence-electron chi connectivity index (χ2n) is 6.05. The number of nitrogens with zero attached hydrogens (tertiary/aromatic N) is 1. The zero-order valence-electron chi connectivity index (χ0n) is 12.4. The molecular formula is C16H21ClF2N2O. The number of nitrogens with one attached hydrogen (secondary N) is 1. The van der Waals surface area contributed by atoms with Crippen molar-refractivity contribution in [3.63, 3.8) is 0 Å². The third-order valence-electron chi connectivity index (χ3n) is 4.38. The van der Waals surface area contributed by atoms with E-state index in [0.717, 1.165) is 31.5 Å². The second kappa shape index (κ2) is 6.92. The summed E-state index contributed by atoms with van der Waals surface area (Å²) >= 11 is 0. The summed E-state index contributed by atoms with van der Waals surface area (Å²) in [6.45, 7) is 1.67. The van der Waals surface area contributed by atoms with Gasteiger partial charge in [0.1, 0.15) is 0 Å². The quantitative estimate of drug-likeness (QED) is 0.924. The third kappa shape index (κ3) is 3.76. The molecule has 3 rings (SSSR count). The van der Waals surface area contributed by atoms with Crippen molar-refractivity contribution < 1.29 is 13.6 Å². The van der Waals surface area contributed by atoms with Gasteiger partial charge in [-0.15, -0.1) is 12.4 Å². The SMILES string of the molecule is Cl.O=C(c1ccccc1CC1CCNC1)N1CCC(F)(F)C1. The zero-order valence-corrected chi connectivity index (χ0v) is 13.2. The fourth-order valence-electron chi connectivity index (χ4n) is 3.19. The molecule has 6 heteroatoms. The summed E-state index contributed by atoms with van der Waals surface area (Å²) in [5.41, 5.74) is 1.56. The normalized spacial score (nSPS) is 23.4. The molecule has 1 unspecified atom stereocenters. The van der Waals surface area contributed by atoms with Gasteiger partial charge in [0.25, 0.3) is 11.8 Å². The van der Waals surface area contributed by atoms with Crippen molar-refractivity contribution in [1.82, 2.24) is 10.2 Å². The van der Waals surface area contributed by atoms with Gasteiger partial charge in [-0.3, -0.25) is 4.79 Å². The molecule has 0 saturated carbocycles. The van der Waals surface area contributed by atoms with E-state index in [-0.39, 0.29) is 31.3 Å². The molecule has 1 amide bonds. The molecular weight excluding hydrogens is 310 g/mol. The lowest BCUT2D eigenvalue weighted by atomic mass is 9.94. The molecule has 2 heterocycles. The maximum Gasteiger partial charge on any atom is 0.267 e. The average Bonchev–Trinajstić information content (AvgIpc) is 3.08. The topological polar surface area (TPSA) is 32.3 Å². The van der Waals surface area contributed by atoms with Crippen LogP contribution in [-0.2, 0) is 6.42 Å². The maximum atomic E-state index is 13.3. The van der Waals surface area contributed by atoms with Gasteiger partial charge in [0, 0.05) is 18.5 Å². The van der Waals surface area contributed by atoms with Crippen LogP contribution in [0.15, 0.2) is 24.3 Å². The van der Waals surface area contributed by atoms with Crippen molar-refractivity contribution in [3.8, 4) is 0 Å². The summed E-state index contributed by atoms with van der Waals surface area (Å²) < 4.78 is 26.6. The predicted molar refractivity (Wildman–Crippen MR) is 83.8 cm³/mol. The van der Waals surface area contributed by atoms with E-state index >= 15 is 0 Å². The standard InChI is InChI=1S/C16H20F2N2O.ClH/c17-16(18)6-8-20(11-16)15(21)14-4-2-1-3-13(14)9-12-5-7-19-10-12;/h1-4,12,19H,5-11H2;1H. The van der Waals surface area contributed by atoms with Gasteiger partial charge in [-0.2, -0.15) is 0 Å². The molecule has 1 aromatic carbocycles. The van der Waals surface area contributed by atoms with Crippen LogP contribution in [0.1, 0.15) is 28.8 Å². The Morgan fingerprint density at radius 2 is 2.14 bits per heavy atom. The molecule has 1 aromatic rings. The van der Waals surface area contributed by atoms with E-state index in [2.05, 4.69) is 5.32 Å². The summed E-state index contributed by atoms with van der Waals surface area (Å²) in [6, 6.07) is 7.42. The van der Waals surface area contributed by atoms with Crippen LogP contribution in [-0.4, -0.2) is 42.9 Å². The van der Waals surface area contributed by atoms with Crippen LogP contribution in [0.4, 0.5) is 8.78 Å². The van der Waals surface area contributed by atoms with Crippen LogP contribution in [0.3, 0.4) is 0 Å². The average molecular weight is 331 g/mol. The van der Waals surface area contributed by atoms with E-state index in [4.69, 9.17) is 0 Å². The molecule has 0 radical (unpaired) electrons. The highest BCUT2D eigenvalue weighted by Gasteiger charge is 2.40. The zero-order chi connectivity index (χ0) is 14.9. The lowest BCUT2D eigenvalue weighted by molar-refractivity contribution is 0.0120. The number of benzene rings is 1. The molecule has 0 bridgehead atoms. The van der Waals surface area contributed by atoms with E-state index in [9.17, 15) is 13.6 Å². The minimum absolute atomic E-state index is 0. The molecule has 122 valence electrons. The first-order chi connectivity index (χ1) is 10.1. The van der Waals surface area contributed by atoms with Gasteiger partial charge in [0.05, 0.1) is 6.54 Å². The Hall–Kier alpha value is -1.20. The van der Waals surface area contributed by atoms with Crippen LogP contribution in [0, 0.1) is 5.92 Å². The Kier molecular flexibility index (Phi) is 5.40. The van der Waals surface area contributed by atoms with Crippen molar-refractivity contribution in [2.24, 2.45) is 5.92 Å². The van der Waals surface area contributed by atoms with Crippen LogP contribution >= 0.6 is 12.4 Å². The number of rotatable bonds is 3.